The Labute approximate surface area is 141 Å². The molecule has 0 aliphatic heterocycles. The number of nitrogen functional groups attached to an aromatic ring is 1. The van der Waals surface area contributed by atoms with E-state index in [2.05, 4.69) is 20.5 Å². The summed E-state index contributed by atoms with van der Waals surface area (Å²) in [6, 6.07) is 12.0. The van der Waals surface area contributed by atoms with Gasteiger partial charge in [0.05, 0.1) is 5.56 Å². The van der Waals surface area contributed by atoms with E-state index in [9.17, 15) is 9.18 Å². The topological polar surface area (TPSA) is 99.6 Å². The predicted octanol–water partition coefficient (Wildman–Crippen LogP) is 3.53. The van der Waals surface area contributed by atoms with Gasteiger partial charge in [-0.3, -0.25) is 9.89 Å². The molecule has 0 unspecified atom stereocenters. The second-order valence-corrected chi connectivity index (χ2v) is 5.60. The molecule has 0 atom stereocenters. The Bertz CT molecular complexity index is 1050. The van der Waals surface area contributed by atoms with Crippen LogP contribution >= 0.6 is 0 Å². The molecule has 0 aliphatic carbocycles. The van der Waals surface area contributed by atoms with Gasteiger partial charge >= 0.3 is 0 Å². The minimum absolute atomic E-state index is 0.235. The van der Waals surface area contributed by atoms with E-state index < -0.39 is 5.82 Å². The summed E-state index contributed by atoms with van der Waals surface area (Å²) in [6.07, 6.45) is 3.22. The van der Waals surface area contributed by atoms with Crippen LogP contribution in [0.5, 0.6) is 0 Å². The van der Waals surface area contributed by atoms with Gasteiger partial charge in [0.2, 0.25) is 0 Å². The van der Waals surface area contributed by atoms with Crippen LogP contribution in [0.3, 0.4) is 0 Å². The summed E-state index contributed by atoms with van der Waals surface area (Å²) >= 11 is 0. The van der Waals surface area contributed by atoms with Crippen molar-refractivity contribution in [2.75, 3.05) is 11.1 Å². The molecule has 6 nitrogen and oxygen atoms in total. The zero-order valence-corrected chi connectivity index (χ0v) is 13.0. The van der Waals surface area contributed by atoms with Gasteiger partial charge in [-0.15, -0.1) is 0 Å². The monoisotopic (exact) mass is 335 g/mol. The van der Waals surface area contributed by atoms with Crippen LogP contribution in [0, 0.1) is 5.82 Å². The minimum Gasteiger partial charge on any atom is -0.399 e. The van der Waals surface area contributed by atoms with Crippen molar-refractivity contribution in [1.29, 1.82) is 0 Å². The van der Waals surface area contributed by atoms with Crippen molar-refractivity contribution < 1.29 is 9.18 Å². The lowest BCUT2D eigenvalue weighted by Crippen LogP contribution is -2.11. The first-order chi connectivity index (χ1) is 12.1. The van der Waals surface area contributed by atoms with Crippen LogP contribution in [0.4, 0.5) is 15.9 Å². The lowest BCUT2D eigenvalue weighted by molar-refractivity contribution is 0.102. The van der Waals surface area contributed by atoms with Gasteiger partial charge in [0.1, 0.15) is 5.52 Å². The first-order valence-electron chi connectivity index (χ1n) is 7.60. The Morgan fingerprint density at radius 1 is 1.12 bits per heavy atom. The number of benzene rings is 2. The molecule has 4 aromatic rings. The van der Waals surface area contributed by atoms with Crippen LogP contribution < -0.4 is 11.1 Å². The fraction of sp³-hybridized carbons (Fsp3) is 0. The number of H-pyrrole nitrogens is 2. The van der Waals surface area contributed by atoms with E-state index in [0.717, 1.165) is 0 Å². The van der Waals surface area contributed by atoms with Gasteiger partial charge in [-0.05, 0) is 29.8 Å². The van der Waals surface area contributed by atoms with Crippen molar-refractivity contribution in [3.63, 3.8) is 0 Å². The van der Waals surface area contributed by atoms with Crippen LogP contribution in [0.1, 0.15) is 10.4 Å². The molecular formula is C18H14FN5O. The molecule has 0 aliphatic rings. The number of aromatic amines is 2. The highest BCUT2D eigenvalue weighted by atomic mass is 19.1. The van der Waals surface area contributed by atoms with Crippen molar-refractivity contribution in [2.24, 2.45) is 0 Å². The quantitative estimate of drug-likeness (QED) is 0.431. The molecule has 4 rings (SSSR count). The molecule has 0 saturated carbocycles. The average Bonchev–Trinajstić information content (AvgIpc) is 3.27. The van der Waals surface area contributed by atoms with E-state index in [1.807, 2.05) is 0 Å². The molecule has 0 fully saturated rings. The maximum atomic E-state index is 14.9. The summed E-state index contributed by atoms with van der Waals surface area (Å²) in [5.41, 5.74) is 8.13. The van der Waals surface area contributed by atoms with Gasteiger partial charge < -0.3 is 16.0 Å². The molecule has 5 N–H and O–H groups in total. The van der Waals surface area contributed by atoms with Crippen molar-refractivity contribution in [2.45, 2.75) is 0 Å². The molecular weight excluding hydrogens is 321 g/mol. The first-order valence-corrected chi connectivity index (χ1v) is 7.60. The maximum absolute atomic E-state index is 14.9. The third kappa shape index (κ3) is 2.61. The number of anilines is 2. The highest BCUT2D eigenvalue weighted by Gasteiger charge is 2.16. The fourth-order valence-electron chi connectivity index (χ4n) is 2.68. The van der Waals surface area contributed by atoms with Gasteiger partial charge in [-0.1, -0.05) is 18.2 Å². The molecule has 2 aromatic carbocycles. The Morgan fingerprint density at radius 3 is 2.64 bits per heavy atom. The number of rotatable bonds is 3. The second-order valence-electron chi connectivity index (χ2n) is 5.60. The van der Waals surface area contributed by atoms with E-state index in [4.69, 9.17) is 5.73 Å². The molecule has 0 saturated heterocycles. The fourth-order valence-corrected chi connectivity index (χ4v) is 2.68. The number of aromatic nitrogens is 3. The highest BCUT2D eigenvalue weighted by Crippen LogP contribution is 2.31. The predicted molar refractivity (Wildman–Crippen MR) is 94.6 cm³/mol. The van der Waals surface area contributed by atoms with Crippen molar-refractivity contribution >= 4 is 28.3 Å². The number of nitrogens with one attached hydrogen (secondary N) is 3. The smallest absolute Gasteiger partial charge is 0.258 e. The standard InChI is InChI=1S/C18H14FN5O/c19-15-13(10-1-3-12(20)4-2-10)5-6-14-16(15)23-24-17(14)22-18(25)11-7-8-21-9-11/h1-9,21H,20H2,(H2,22,23,24,25). The zero-order valence-electron chi connectivity index (χ0n) is 13.0. The molecule has 0 radical (unpaired) electrons. The summed E-state index contributed by atoms with van der Waals surface area (Å²) in [4.78, 5) is 14.9. The SMILES string of the molecule is Nc1ccc(-c2ccc3c(NC(=O)c4cc[nH]c4)n[nH]c3c2F)cc1. The van der Waals surface area contributed by atoms with Crippen LogP contribution in [-0.2, 0) is 0 Å². The summed E-state index contributed by atoms with van der Waals surface area (Å²) in [5, 5.41) is 9.86. The van der Waals surface area contributed by atoms with E-state index in [1.165, 1.54) is 0 Å². The normalized spacial score (nSPS) is 10.9. The molecule has 2 heterocycles. The number of amides is 1. The molecule has 0 bridgehead atoms. The van der Waals surface area contributed by atoms with Crippen molar-refractivity contribution in [3.05, 3.63) is 66.2 Å². The lowest BCUT2D eigenvalue weighted by atomic mass is 10.0. The van der Waals surface area contributed by atoms with Gasteiger partial charge in [-0.25, -0.2) is 4.39 Å². The van der Waals surface area contributed by atoms with E-state index in [0.29, 0.717) is 27.8 Å². The molecule has 1 amide bonds. The van der Waals surface area contributed by atoms with E-state index in [-0.39, 0.29) is 17.2 Å². The van der Waals surface area contributed by atoms with Gasteiger partial charge in [-0.2, -0.15) is 5.10 Å². The Morgan fingerprint density at radius 2 is 1.92 bits per heavy atom. The molecule has 124 valence electrons. The largest absolute Gasteiger partial charge is 0.399 e. The number of fused-ring (bicyclic) bond motifs is 1. The Hall–Kier alpha value is -3.61. The van der Waals surface area contributed by atoms with Crippen molar-refractivity contribution in [1.82, 2.24) is 15.2 Å². The molecule has 2 aromatic heterocycles. The number of carbonyl (C=O) groups excluding carboxylic acids is 1. The van der Waals surface area contributed by atoms with Gasteiger partial charge in [0.15, 0.2) is 11.6 Å². The van der Waals surface area contributed by atoms with Crippen LogP contribution in [0.25, 0.3) is 22.0 Å². The van der Waals surface area contributed by atoms with Gasteiger partial charge in [0, 0.05) is 29.0 Å². The Balaban J connectivity index is 1.72. The number of hydrogen-bond acceptors (Lipinski definition) is 3. The average molecular weight is 335 g/mol. The van der Waals surface area contributed by atoms with Crippen LogP contribution in [0.2, 0.25) is 0 Å². The number of nitrogens with zero attached hydrogens (tertiary/aromatic N) is 1. The minimum atomic E-state index is -0.433. The van der Waals surface area contributed by atoms with Crippen LogP contribution in [0.15, 0.2) is 54.9 Å². The number of hydrogen-bond donors (Lipinski definition) is 4. The maximum Gasteiger partial charge on any atom is 0.258 e. The van der Waals surface area contributed by atoms with Crippen LogP contribution in [-0.4, -0.2) is 21.1 Å². The number of carbonyl (C=O) groups is 1. The third-order valence-electron chi connectivity index (χ3n) is 3.99. The zero-order chi connectivity index (χ0) is 17.4. The molecule has 25 heavy (non-hydrogen) atoms. The summed E-state index contributed by atoms with van der Waals surface area (Å²) in [5.74, 6) is -0.474. The lowest BCUT2D eigenvalue weighted by Gasteiger charge is -2.05. The molecule has 0 spiro atoms. The number of halogens is 1. The second kappa shape index (κ2) is 5.79. The van der Waals surface area contributed by atoms with E-state index >= 15 is 0 Å². The molecule has 7 heteroatoms. The third-order valence-corrected chi connectivity index (χ3v) is 3.99. The van der Waals surface area contributed by atoms with Gasteiger partial charge in [0.25, 0.3) is 5.91 Å². The number of nitrogens with two attached hydrogens (primary N) is 1. The summed E-state index contributed by atoms with van der Waals surface area (Å²) < 4.78 is 14.9. The van der Waals surface area contributed by atoms with Crippen molar-refractivity contribution in [3.8, 4) is 11.1 Å². The Kier molecular flexibility index (Phi) is 3.46. The summed E-state index contributed by atoms with van der Waals surface area (Å²) in [6.45, 7) is 0. The summed E-state index contributed by atoms with van der Waals surface area (Å²) in [7, 11) is 0. The highest BCUT2D eigenvalue weighted by molar-refractivity contribution is 6.08. The van der Waals surface area contributed by atoms with E-state index in [1.54, 1.807) is 54.9 Å². The first kappa shape index (κ1) is 14.9.